The Bertz CT molecular complexity index is 1460. The van der Waals surface area contributed by atoms with Crippen molar-refractivity contribution < 1.29 is 13.9 Å². The van der Waals surface area contributed by atoms with Crippen molar-refractivity contribution in [2.75, 3.05) is 32.8 Å². The topological polar surface area (TPSA) is 48.6 Å². The van der Waals surface area contributed by atoms with Crippen LogP contribution in [0.15, 0.2) is 79.0 Å². The Hall–Kier alpha value is -3.64. The van der Waals surface area contributed by atoms with Crippen LogP contribution in [-0.4, -0.2) is 53.5 Å². The van der Waals surface area contributed by atoms with E-state index in [0.717, 1.165) is 92.5 Å². The van der Waals surface area contributed by atoms with Gasteiger partial charge in [-0.2, -0.15) is 0 Å². The molecule has 3 heterocycles. The summed E-state index contributed by atoms with van der Waals surface area (Å²) < 4.78 is 21.0. The number of carbonyl (C=O) groups is 1. The number of fused-ring (bicyclic) bond motifs is 2. The predicted molar refractivity (Wildman–Crippen MR) is 157 cm³/mol. The molecule has 1 N–H and O–H groups in total. The van der Waals surface area contributed by atoms with Crippen molar-refractivity contribution in [1.29, 1.82) is 0 Å². The number of benzene rings is 3. The van der Waals surface area contributed by atoms with Gasteiger partial charge < -0.3 is 14.6 Å². The van der Waals surface area contributed by atoms with Crippen molar-refractivity contribution in [3.8, 4) is 5.75 Å². The van der Waals surface area contributed by atoms with Crippen LogP contribution >= 0.6 is 0 Å². The number of aromatic nitrogens is 1. The van der Waals surface area contributed by atoms with E-state index in [1.165, 1.54) is 5.56 Å². The minimum absolute atomic E-state index is 0.0875. The number of carbonyl (C=O) groups excluding carboxylic acids is 1. The normalized spacial score (nSPS) is 18.5. The molecule has 0 unspecified atom stereocenters. The molecule has 4 aromatic rings. The van der Waals surface area contributed by atoms with Gasteiger partial charge in [0.15, 0.2) is 0 Å². The van der Waals surface area contributed by atoms with E-state index in [9.17, 15) is 9.18 Å². The smallest absolute Gasteiger partial charge is 0.253 e. The highest BCUT2D eigenvalue weighted by Gasteiger charge is 2.37. The fourth-order valence-electron chi connectivity index (χ4n) is 6.54. The number of H-pyrrole nitrogens is 1. The van der Waals surface area contributed by atoms with Gasteiger partial charge in [-0.05, 0) is 78.8 Å². The quantitative estimate of drug-likeness (QED) is 0.310. The third-order valence-corrected chi connectivity index (χ3v) is 8.87. The van der Waals surface area contributed by atoms with Crippen molar-refractivity contribution in [1.82, 2.24) is 14.8 Å². The Morgan fingerprint density at radius 3 is 2.62 bits per heavy atom. The fourth-order valence-corrected chi connectivity index (χ4v) is 6.54. The van der Waals surface area contributed by atoms with Gasteiger partial charge in [0.2, 0.25) is 0 Å². The number of para-hydroxylation sites is 1. The molecule has 0 radical (unpaired) electrons. The molecule has 0 saturated carbocycles. The SMILES string of the molecule is O=C(c1ccc2cc[nH]c2c1)N1CCC2(CCCCc3ccccc3OCCN(Cc3ccccc3F)C2)CC1. The van der Waals surface area contributed by atoms with Gasteiger partial charge in [-0.15, -0.1) is 0 Å². The van der Waals surface area contributed by atoms with Crippen molar-refractivity contribution >= 4 is 16.8 Å². The first kappa shape index (κ1) is 26.6. The maximum Gasteiger partial charge on any atom is 0.253 e. The van der Waals surface area contributed by atoms with Crippen molar-refractivity contribution in [3.05, 3.63) is 102 Å². The number of nitrogens with one attached hydrogen (secondary N) is 1. The van der Waals surface area contributed by atoms with E-state index in [1.807, 2.05) is 53.6 Å². The monoisotopic (exact) mass is 539 g/mol. The van der Waals surface area contributed by atoms with Gasteiger partial charge in [0.25, 0.3) is 5.91 Å². The van der Waals surface area contributed by atoms with Crippen LogP contribution in [0.1, 0.15) is 53.6 Å². The van der Waals surface area contributed by atoms with Gasteiger partial charge in [0.1, 0.15) is 18.2 Å². The summed E-state index contributed by atoms with van der Waals surface area (Å²) in [4.78, 5) is 21.1. The summed E-state index contributed by atoms with van der Waals surface area (Å²) in [6.07, 6.45) is 8.16. The molecular formula is C34H38FN3O2. The van der Waals surface area contributed by atoms with Crippen molar-refractivity contribution in [3.63, 3.8) is 0 Å². The first-order chi connectivity index (χ1) is 19.6. The molecule has 1 fully saturated rings. The molecule has 208 valence electrons. The summed E-state index contributed by atoms with van der Waals surface area (Å²) in [5, 5.41) is 1.11. The van der Waals surface area contributed by atoms with Gasteiger partial charge in [-0.1, -0.05) is 48.9 Å². The van der Waals surface area contributed by atoms with Crippen molar-refractivity contribution in [2.24, 2.45) is 5.41 Å². The highest BCUT2D eigenvalue weighted by Crippen LogP contribution is 2.39. The number of aromatic amines is 1. The third kappa shape index (κ3) is 5.92. The molecule has 3 aromatic carbocycles. The molecule has 6 heteroatoms. The molecule has 2 aliphatic rings. The molecule has 2 aliphatic heterocycles. The van der Waals surface area contributed by atoms with E-state index in [0.29, 0.717) is 13.2 Å². The molecular weight excluding hydrogens is 501 g/mol. The van der Waals surface area contributed by atoms with Crippen LogP contribution in [0, 0.1) is 11.2 Å². The van der Waals surface area contributed by atoms with Crippen LogP contribution in [0.25, 0.3) is 10.9 Å². The summed E-state index contributed by atoms with van der Waals surface area (Å²) in [5.74, 6) is 0.911. The zero-order valence-electron chi connectivity index (χ0n) is 23.1. The van der Waals surface area contributed by atoms with Gasteiger partial charge in [0, 0.05) is 55.6 Å². The molecule has 1 aromatic heterocycles. The Labute approximate surface area is 235 Å². The van der Waals surface area contributed by atoms with Gasteiger partial charge in [-0.25, -0.2) is 4.39 Å². The lowest BCUT2D eigenvalue weighted by Gasteiger charge is -2.45. The lowest BCUT2D eigenvalue weighted by molar-refractivity contribution is 0.0359. The second-order valence-electron chi connectivity index (χ2n) is 11.5. The summed E-state index contributed by atoms with van der Waals surface area (Å²) in [6, 6.07) is 23.4. The van der Waals surface area contributed by atoms with E-state index < -0.39 is 0 Å². The highest BCUT2D eigenvalue weighted by molar-refractivity contribution is 5.98. The molecule has 5 nitrogen and oxygen atoms in total. The molecule has 0 bridgehead atoms. The number of aryl methyl sites for hydroxylation is 1. The second-order valence-corrected chi connectivity index (χ2v) is 11.5. The average molecular weight is 540 g/mol. The van der Waals surface area contributed by atoms with Crippen molar-refractivity contribution in [2.45, 2.75) is 45.1 Å². The van der Waals surface area contributed by atoms with E-state index in [4.69, 9.17) is 4.74 Å². The number of amides is 1. The summed E-state index contributed by atoms with van der Waals surface area (Å²) in [7, 11) is 0. The lowest BCUT2D eigenvalue weighted by Crippen LogP contribution is -2.48. The van der Waals surface area contributed by atoms with Crippen LogP contribution in [-0.2, 0) is 13.0 Å². The van der Waals surface area contributed by atoms with Crippen LogP contribution in [0.5, 0.6) is 5.75 Å². The Kier molecular flexibility index (Phi) is 7.87. The second kappa shape index (κ2) is 11.8. The first-order valence-corrected chi connectivity index (χ1v) is 14.6. The molecule has 0 aliphatic carbocycles. The first-order valence-electron chi connectivity index (χ1n) is 14.6. The van der Waals surface area contributed by atoms with Gasteiger partial charge in [-0.3, -0.25) is 9.69 Å². The number of hydrogen-bond donors (Lipinski definition) is 1. The van der Waals surface area contributed by atoms with Gasteiger partial charge >= 0.3 is 0 Å². The fraction of sp³-hybridized carbons (Fsp3) is 0.382. The standard InChI is InChI=1S/C34H38FN3O2/c35-30-10-3-1-9-29(30)24-37-21-22-40-32-11-4-2-7-27(32)8-5-6-15-34(25-37)16-19-38(20-17-34)33(39)28-13-12-26-14-18-36-31(26)23-28/h1-4,7,9-14,18,23,36H,5-6,8,15-17,19-22,24-25H2. The number of likely N-dealkylation sites (tertiary alicyclic amines) is 1. The lowest BCUT2D eigenvalue weighted by atomic mass is 9.73. The molecule has 40 heavy (non-hydrogen) atoms. The number of hydrogen-bond acceptors (Lipinski definition) is 3. The van der Waals surface area contributed by atoms with E-state index in [2.05, 4.69) is 28.1 Å². The number of halogens is 1. The van der Waals surface area contributed by atoms with E-state index >= 15 is 0 Å². The molecule has 1 spiro atoms. The summed E-state index contributed by atoms with van der Waals surface area (Å²) in [6.45, 7) is 4.21. The zero-order valence-corrected chi connectivity index (χ0v) is 23.1. The number of rotatable bonds is 3. The Balaban J connectivity index is 1.20. The largest absolute Gasteiger partial charge is 0.492 e. The van der Waals surface area contributed by atoms with Crippen LogP contribution in [0.4, 0.5) is 4.39 Å². The number of nitrogens with zero attached hydrogens (tertiary/aromatic N) is 2. The number of piperidine rings is 1. The predicted octanol–water partition coefficient (Wildman–Crippen LogP) is 6.84. The van der Waals surface area contributed by atoms with Crippen LogP contribution in [0.2, 0.25) is 0 Å². The number of ether oxygens (including phenoxy) is 1. The van der Waals surface area contributed by atoms with Crippen LogP contribution in [0.3, 0.4) is 0 Å². The van der Waals surface area contributed by atoms with Gasteiger partial charge in [0.05, 0.1) is 0 Å². The maximum absolute atomic E-state index is 14.7. The third-order valence-electron chi connectivity index (χ3n) is 8.87. The summed E-state index contributed by atoms with van der Waals surface area (Å²) in [5.41, 5.74) is 3.80. The maximum atomic E-state index is 14.7. The van der Waals surface area contributed by atoms with E-state index in [1.54, 1.807) is 12.1 Å². The minimum atomic E-state index is -0.159. The molecule has 1 amide bonds. The zero-order chi connectivity index (χ0) is 27.4. The average Bonchev–Trinajstić information content (AvgIpc) is 3.45. The minimum Gasteiger partial charge on any atom is -0.492 e. The van der Waals surface area contributed by atoms with Crippen LogP contribution < -0.4 is 4.74 Å². The Morgan fingerprint density at radius 2 is 1.75 bits per heavy atom. The Morgan fingerprint density at radius 1 is 0.925 bits per heavy atom. The summed E-state index contributed by atoms with van der Waals surface area (Å²) >= 11 is 0. The molecule has 0 atom stereocenters. The molecule has 1 saturated heterocycles. The highest BCUT2D eigenvalue weighted by atomic mass is 19.1. The van der Waals surface area contributed by atoms with E-state index in [-0.39, 0.29) is 17.1 Å². The molecule has 6 rings (SSSR count).